The first-order chi connectivity index (χ1) is 16.3. The van der Waals surface area contributed by atoms with Crippen molar-refractivity contribution in [2.75, 3.05) is 48.3 Å². The molecule has 0 unspecified atom stereocenters. The summed E-state index contributed by atoms with van der Waals surface area (Å²) < 4.78 is 6.36. The molecule has 2 N–H and O–H groups in total. The van der Waals surface area contributed by atoms with E-state index in [1.54, 1.807) is 11.1 Å². The fourth-order valence-corrected chi connectivity index (χ4v) is 4.70. The van der Waals surface area contributed by atoms with Gasteiger partial charge in [-0.25, -0.2) is 9.78 Å². The van der Waals surface area contributed by atoms with Crippen LogP contribution in [0.3, 0.4) is 0 Å². The van der Waals surface area contributed by atoms with Gasteiger partial charge in [0.05, 0.1) is 4.47 Å². The van der Waals surface area contributed by atoms with Gasteiger partial charge >= 0.3 is 6.09 Å². The van der Waals surface area contributed by atoms with E-state index in [2.05, 4.69) is 53.6 Å². The van der Waals surface area contributed by atoms with Crippen molar-refractivity contribution in [1.82, 2.24) is 14.9 Å². The Bertz CT molecular complexity index is 964. The quantitative estimate of drug-likeness (QED) is 0.499. The van der Waals surface area contributed by atoms with Crippen LogP contribution in [0.15, 0.2) is 34.9 Å². The summed E-state index contributed by atoms with van der Waals surface area (Å²) in [5.74, 6) is 2.12. The van der Waals surface area contributed by atoms with Crippen LogP contribution < -0.4 is 15.5 Å². The molecule has 1 saturated carbocycles. The Morgan fingerprint density at radius 2 is 1.79 bits per heavy atom. The maximum Gasteiger partial charge on any atom is 0.410 e. The molecule has 2 heterocycles. The van der Waals surface area contributed by atoms with E-state index >= 15 is 0 Å². The van der Waals surface area contributed by atoms with Crippen LogP contribution >= 0.6 is 15.9 Å². The van der Waals surface area contributed by atoms with E-state index in [0.717, 1.165) is 47.2 Å². The molecule has 0 spiro atoms. The zero-order valence-corrected chi connectivity index (χ0v) is 21.9. The van der Waals surface area contributed by atoms with Crippen LogP contribution in [-0.4, -0.2) is 59.3 Å². The fraction of sp³-hybridized carbons (Fsp3) is 0.560. The lowest BCUT2D eigenvalue weighted by Crippen LogP contribution is -2.50. The molecular formula is C25H35BrN6O2. The van der Waals surface area contributed by atoms with Crippen molar-refractivity contribution in [2.45, 2.75) is 52.1 Å². The number of ether oxygens (including phenoxy) is 1. The van der Waals surface area contributed by atoms with E-state index in [4.69, 9.17) is 4.74 Å². The van der Waals surface area contributed by atoms with Crippen LogP contribution in [0.4, 0.5) is 27.9 Å². The molecule has 1 aromatic heterocycles. The van der Waals surface area contributed by atoms with Gasteiger partial charge in [0.25, 0.3) is 0 Å². The molecule has 0 bridgehead atoms. The Morgan fingerprint density at radius 1 is 1.12 bits per heavy atom. The van der Waals surface area contributed by atoms with Gasteiger partial charge < -0.3 is 25.2 Å². The minimum Gasteiger partial charge on any atom is -0.444 e. The molecule has 34 heavy (non-hydrogen) atoms. The molecule has 9 heteroatoms. The second kappa shape index (κ2) is 10.8. The third-order valence-electron chi connectivity index (χ3n) is 6.20. The normalized spacial score (nSPS) is 17.1. The summed E-state index contributed by atoms with van der Waals surface area (Å²) in [5.41, 5.74) is 1.59. The van der Waals surface area contributed by atoms with Gasteiger partial charge in [0.1, 0.15) is 11.4 Å². The number of anilines is 4. The number of piperazine rings is 1. The molecule has 1 saturated heterocycles. The number of benzene rings is 1. The van der Waals surface area contributed by atoms with Gasteiger partial charge in [-0.15, -0.1) is 0 Å². The standard InChI is InChI=1S/C25H35BrN6O2/c1-25(2,3)34-24(33)32-14-12-31(13-15-32)20-10-8-19(9-11-20)29-23-28-17-21(26)22(30-23)27-16-18-6-4-5-7-18/h8-11,17-18H,4-7,12-16H2,1-3H3,(H2,27,28,29,30). The highest BCUT2D eigenvalue weighted by Gasteiger charge is 2.26. The van der Waals surface area contributed by atoms with Crippen LogP contribution in [0, 0.1) is 5.92 Å². The predicted molar refractivity (Wildman–Crippen MR) is 140 cm³/mol. The van der Waals surface area contributed by atoms with Crippen molar-refractivity contribution < 1.29 is 9.53 Å². The highest BCUT2D eigenvalue weighted by Crippen LogP contribution is 2.27. The monoisotopic (exact) mass is 530 g/mol. The first-order valence-corrected chi connectivity index (χ1v) is 12.9. The van der Waals surface area contributed by atoms with Gasteiger partial charge in [-0.05, 0) is 79.7 Å². The molecule has 184 valence electrons. The van der Waals surface area contributed by atoms with Crippen molar-refractivity contribution in [3.63, 3.8) is 0 Å². The van der Waals surface area contributed by atoms with Crippen molar-refractivity contribution in [2.24, 2.45) is 5.92 Å². The molecule has 1 amide bonds. The van der Waals surface area contributed by atoms with E-state index in [-0.39, 0.29) is 6.09 Å². The Balaban J connectivity index is 1.30. The fourth-order valence-electron chi connectivity index (χ4n) is 4.37. The zero-order chi connectivity index (χ0) is 24.1. The molecule has 8 nitrogen and oxygen atoms in total. The SMILES string of the molecule is CC(C)(C)OC(=O)N1CCN(c2ccc(Nc3ncc(Br)c(NCC4CCCC4)n3)cc2)CC1. The molecule has 1 aliphatic carbocycles. The van der Waals surface area contributed by atoms with Gasteiger partial charge in [0.2, 0.25) is 5.95 Å². The number of amides is 1. The number of hydrogen-bond acceptors (Lipinski definition) is 7. The lowest BCUT2D eigenvalue weighted by atomic mass is 10.1. The summed E-state index contributed by atoms with van der Waals surface area (Å²) in [5, 5.41) is 6.78. The van der Waals surface area contributed by atoms with Crippen molar-refractivity contribution >= 4 is 45.2 Å². The second-order valence-electron chi connectivity index (χ2n) is 10.0. The van der Waals surface area contributed by atoms with Gasteiger partial charge in [0, 0.05) is 50.3 Å². The van der Waals surface area contributed by atoms with Crippen LogP contribution in [0.2, 0.25) is 0 Å². The molecule has 0 atom stereocenters. The van der Waals surface area contributed by atoms with E-state index in [0.29, 0.717) is 19.0 Å². The van der Waals surface area contributed by atoms with E-state index < -0.39 is 5.60 Å². The Hall–Kier alpha value is -2.55. The second-order valence-corrected chi connectivity index (χ2v) is 10.9. The predicted octanol–water partition coefficient (Wildman–Crippen LogP) is 5.64. The van der Waals surface area contributed by atoms with Crippen LogP contribution in [-0.2, 0) is 4.74 Å². The Kier molecular flexibility index (Phi) is 7.80. The number of carbonyl (C=O) groups is 1. The molecule has 2 aromatic rings. The largest absolute Gasteiger partial charge is 0.444 e. The highest BCUT2D eigenvalue weighted by atomic mass is 79.9. The number of nitrogens with one attached hydrogen (secondary N) is 2. The summed E-state index contributed by atoms with van der Waals surface area (Å²) in [6.07, 6.45) is 6.80. The van der Waals surface area contributed by atoms with Gasteiger partial charge in [-0.3, -0.25) is 0 Å². The topological polar surface area (TPSA) is 82.6 Å². The van der Waals surface area contributed by atoms with Crippen LogP contribution in [0.5, 0.6) is 0 Å². The van der Waals surface area contributed by atoms with E-state index in [1.807, 2.05) is 32.9 Å². The number of carbonyl (C=O) groups excluding carboxylic acids is 1. The lowest BCUT2D eigenvalue weighted by molar-refractivity contribution is 0.0240. The average molecular weight is 531 g/mol. The Labute approximate surface area is 210 Å². The minimum absolute atomic E-state index is 0.238. The smallest absolute Gasteiger partial charge is 0.410 e. The maximum absolute atomic E-state index is 12.3. The summed E-state index contributed by atoms with van der Waals surface area (Å²) in [7, 11) is 0. The number of hydrogen-bond donors (Lipinski definition) is 2. The van der Waals surface area contributed by atoms with E-state index in [9.17, 15) is 4.79 Å². The molecular weight excluding hydrogens is 496 g/mol. The zero-order valence-electron chi connectivity index (χ0n) is 20.3. The Morgan fingerprint density at radius 3 is 2.44 bits per heavy atom. The summed E-state index contributed by atoms with van der Waals surface area (Å²) in [4.78, 5) is 25.4. The number of halogens is 1. The highest BCUT2D eigenvalue weighted by molar-refractivity contribution is 9.10. The number of nitrogens with zero attached hydrogens (tertiary/aromatic N) is 4. The summed E-state index contributed by atoms with van der Waals surface area (Å²) in [6.45, 7) is 9.48. The number of aromatic nitrogens is 2. The van der Waals surface area contributed by atoms with Gasteiger partial charge in [-0.2, -0.15) is 4.98 Å². The summed E-state index contributed by atoms with van der Waals surface area (Å²) in [6, 6.07) is 8.24. The van der Waals surface area contributed by atoms with Gasteiger partial charge in [-0.1, -0.05) is 12.8 Å². The molecule has 2 aliphatic rings. The molecule has 1 aliphatic heterocycles. The average Bonchev–Trinajstić information content (AvgIpc) is 3.33. The first kappa shape index (κ1) is 24.6. The molecule has 1 aromatic carbocycles. The summed E-state index contributed by atoms with van der Waals surface area (Å²) >= 11 is 3.55. The molecule has 2 fully saturated rings. The van der Waals surface area contributed by atoms with Crippen molar-refractivity contribution in [3.8, 4) is 0 Å². The van der Waals surface area contributed by atoms with Crippen LogP contribution in [0.1, 0.15) is 46.5 Å². The van der Waals surface area contributed by atoms with Crippen molar-refractivity contribution in [3.05, 3.63) is 34.9 Å². The third kappa shape index (κ3) is 6.74. The van der Waals surface area contributed by atoms with Crippen molar-refractivity contribution in [1.29, 1.82) is 0 Å². The van der Waals surface area contributed by atoms with Crippen LogP contribution in [0.25, 0.3) is 0 Å². The van der Waals surface area contributed by atoms with Gasteiger partial charge in [0.15, 0.2) is 0 Å². The maximum atomic E-state index is 12.3. The third-order valence-corrected chi connectivity index (χ3v) is 6.78. The molecule has 0 radical (unpaired) electrons. The first-order valence-electron chi connectivity index (χ1n) is 12.1. The minimum atomic E-state index is -0.470. The lowest BCUT2D eigenvalue weighted by Gasteiger charge is -2.36. The van der Waals surface area contributed by atoms with E-state index in [1.165, 1.54) is 25.7 Å². The number of rotatable bonds is 6. The molecule has 4 rings (SSSR count).